The molecule has 104 valence electrons. The van der Waals surface area contributed by atoms with Gasteiger partial charge in [-0.2, -0.15) is 0 Å². The van der Waals surface area contributed by atoms with Gasteiger partial charge in [0.25, 0.3) is 0 Å². The van der Waals surface area contributed by atoms with Crippen LogP contribution in [0.3, 0.4) is 0 Å². The summed E-state index contributed by atoms with van der Waals surface area (Å²) in [5, 5.41) is 6.10. The summed E-state index contributed by atoms with van der Waals surface area (Å²) in [7, 11) is 0. The van der Waals surface area contributed by atoms with E-state index in [-0.39, 0.29) is 12.3 Å². The van der Waals surface area contributed by atoms with Gasteiger partial charge in [0, 0.05) is 5.56 Å². The molecule has 0 radical (unpaired) electrons. The van der Waals surface area contributed by atoms with Crippen molar-refractivity contribution in [2.75, 3.05) is 6.61 Å². The van der Waals surface area contributed by atoms with E-state index in [4.69, 9.17) is 4.74 Å². The van der Waals surface area contributed by atoms with Gasteiger partial charge in [0.2, 0.25) is 0 Å². The Labute approximate surface area is 124 Å². The second-order valence-electron chi connectivity index (χ2n) is 5.41. The Kier molecular flexibility index (Phi) is 3.18. The number of benzene rings is 3. The van der Waals surface area contributed by atoms with E-state index in [9.17, 15) is 0 Å². The van der Waals surface area contributed by atoms with Crippen LogP contribution in [-0.4, -0.2) is 6.61 Å². The van der Waals surface area contributed by atoms with Crippen LogP contribution in [0.4, 0.5) is 0 Å². The van der Waals surface area contributed by atoms with Crippen LogP contribution < -0.4 is 5.32 Å². The predicted molar refractivity (Wildman–Crippen MR) is 85.0 cm³/mol. The predicted octanol–water partition coefficient (Wildman–Crippen LogP) is 4.20. The smallest absolute Gasteiger partial charge is 0.135 e. The van der Waals surface area contributed by atoms with Gasteiger partial charge in [-0.05, 0) is 16.3 Å². The molecule has 1 aliphatic rings. The first-order chi connectivity index (χ1) is 10.4. The average Bonchev–Trinajstić information content (AvgIpc) is 3.05. The maximum atomic E-state index is 6.00. The van der Waals surface area contributed by atoms with E-state index in [0.717, 1.165) is 0 Å². The Morgan fingerprint density at radius 2 is 1.57 bits per heavy atom. The van der Waals surface area contributed by atoms with Crippen LogP contribution >= 0.6 is 0 Å². The standard InChI is InChI=1S/C19H17NO/c1-2-8-15(9-3-1)18-13-21-19(20-18)17-12-6-10-14-7-4-5-11-16(14)17/h1-12,18-20H,13H2/t18-,19-/m0/s1. The first kappa shape index (κ1) is 12.6. The summed E-state index contributed by atoms with van der Waals surface area (Å²) in [6.07, 6.45) is -0.0405. The number of hydrogen-bond donors (Lipinski definition) is 1. The molecule has 1 aliphatic heterocycles. The van der Waals surface area contributed by atoms with Gasteiger partial charge >= 0.3 is 0 Å². The van der Waals surface area contributed by atoms with Gasteiger partial charge in [0.05, 0.1) is 12.6 Å². The lowest BCUT2D eigenvalue weighted by atomic mass is 10.0. The highest BCUT2D eigenvalue weighted by atomic mass is 16.5. The molecule has 0 bridgehead atoms. The molecule has 0 unspecified atom stereocenters. The van der Waals surface area contributed by atoms with Crippen LogP contribution in [0.5, 0.6) is 0 Å². The molecule has 2 atom stereocenters. The van der Waals surface area contributed by atoms with E-state index >= 15 is 0 Å². The zero-order valence-corrected chi connectivity index (χ0v) is 11.7. The molecule has 0 aromatic heterocycles. The maximum Gasteiger partial charge on any atom is 0.135 e. The summed E-state index contributed by atoms with van der Waals surface area (Å²) in [6.45, 7) is 0.706. The molecule has 1 fully saturated rings. The number of fused-ring (bicyclic) bond motifs is 1. The Hall–Kier alpha value is -2.16. The highest BCUT2D eigenvalue weighted by Gasteiger charge is 2.27. The Bertz CT molecular complexity index is 748. The van der Waals surface area contributed by atoms with Crippen molar-refractivity contribution in [3.63, 3.8) is 0 Å². The lowest BCUT2D eigenvalue weighted by Gasteiger charge is -2.15. The lowest BCUT2D eigenvalue weighted by Crippen LogP contribution is -2.18. The van der Waals surface area contributed by atoms with Crippen LogP contribution in [0.2, 0.25) is 0 Å². The summed E-state index contributed by atoms with van der Waals surface area (Å²) >= 11 is 0. The largest absolute Gasteiger partial charge is 0.357 e. The van der Waals surface area contributed by atoms with Gasteiger partial charge < -0.3 is 4.74 Å². The molecule has 2 nitrogen and oxygen atoms in total. The third kappa shape index (κ3) is 2.33. The number of ether oxygens (including phenoxy) is 1. The van der Waals surface area contributed by atoms with Crippen molar-refractivity contribution in [2.24, 2.45) is 0 Å². The maximum absolute atomic E-state index is 6.00. The van der Waals surface area contributed by atoms with E-state index in [2.05, 4.69) is 72.0 Å². The molecule has 0 aliphatic carbocycles. The van der Waals surface area contributed by atoms with Crippen LogP contribution in [0.1, 0.15) is 23.4 Å². The second kappa shape index (κ2) is 5.32. The lowest BCUT2D eigenvalue weighted by molar-refractivity contribution is 0.102. The normalized spacial score (nSPS) is 21.7. The minimum absolute atomic E-state index is 0.0405. The molecule has 2 heteroatoms. The topological polar surface area (TPSA) is 21.3 Å². The third-order valence-electron chi connectivity index (χ3n) is 4.09. The highest BCUT2D eigenvalue weighted by molar-refractivity contribution is 5.85. The molecule has 3 aromatic rings. The average molecular weight is 275 g/mol. The fourth-order valence-corrected chi connectivity index (χ4v) is 3.01. The van der Waals surface area contributed by atoms with Gasteiger partial charge in [0.15, 0.2) is 0 Å². The zero-order chi connectivity index (χ0) is 14.1. The third-order valence-corrected chi connectivity index (χ3v) is 4.09. The van der Waals surface area contributed by atoms with Crippen molar-refractivity contribution in [3.8, 4) is 0 Å². The van der Waals surface area contributed by atoms with E-state index in [1.54, 1.807) is 0 Å². The van der Waals surface area contributed by atoms with Crippen molar-refractivity contribution in [1.82, 2.24) is 5.32 Å². The molecular formula is C19H17NO. The van der Waals surface area contributed by atoms with Crippen LogP contribution in [0.25, 0.3) is 10.8 Å². The first-order valence-corrected chi connectivity index (χ1v) is 7.32. The Balaban J connectivity index is 1.66. The number of hydrogen-bond acceptors (Lipinski definition) is 2. The summed E-state index contributed by atoms with van der Waals surface area (Å²) < 4.78 is 6.00. The molecule has 0 amide bonds. The minimum Gasteiger partial charge on any atom is -0.357 e. The molecule has 1 heterocycles. The molecule has 1 saturated heterocycles. The van der Waals surface area contributed by atoms with Crippen LogP contribution in [0, 0.1) is 0 Å². The fourth-order valence-electron chi connectivity index (χ4n) is 3.01. The monoisotopic (exact) mass is 275 g/mol. The van der Waals surface area contributed by atoms with Gasteiger partial charge in [-0.25, -0.2) is 0 Å². The molecule has 4 rings (SSSR count). The van der Waals surface area contributed by atoms with Crippen LogP contribution in [0.15, 0.2) is 72.8 Å². The molecule has 21 heavy (non-hydrogen) atoms. The fraction of sp³-hybridized carbons (Fsp3) is 0.158. The summed E-state index contributed by atoms with van der Waals surface area (Å²) in [4.78, 5) is 0. The quantitative estimate of drug-likeness (QED) is 0.757. The minimum atomic E-state index is -0.0405. The first-order valence-electron chi connectivity index (χ1n) is 7.32. The van der Waals surface area contributed by atoms with Gasteiger partial charge in [-0.1, -0.05) is 72.8 Å². The number of rotatable bonds is 2. The molecule has 0 saturated carbocycles. The summed E-state index contributed by atoms with van der Waals surface area (Å²) in [6, 6.07) is 25.6. The summed E-state index contributed by atoms with van der Waals surface area (Å²) in [5.41, 5.74) is 2.49. The van der Waals surface area contributed by atoms with E-state index < -0.39 is 0 Å². The van der Waals surface area contributed by atoms with Crippen molar-refractivity contribution in [3.05, 3.63) is 83.9 Å². The van der Waals surface area contributed by atoms with E-state index in [1.165, 1.54) is 21.9 Å². The van der Waals surface area contributed by atoms with Crippen LogP contribution in [-0.2, 0) is 4.74 Å². The Morgan fingerprint density at radius 1 is 0.810 bits per heavy atom. The van der Waals surface area contributed by atoms with Crippen molar-refractivity contribution < 1.29 is 4.74 Å². The second-order valence-corrected chi connectivity index (χ2v) is 5.41. The summed E-state index contributed by atoms with van der Waals surface area (Å²) in [5.74, 6) is 0. The Morgan fingerprint density at radius 3 is 2.48 bits per heavy atom. The zero-order valence-electron chi connectivity index (χ0n) is 11.7. The van der Waals surface area contributed by atoms with E-state index in [0.29, 0.717) is 6.61 Å². The molecule has 0 spiro atoms. The SMILES string of the molecule is c1ccc([C@@H]2CO[C@@H](c3cccc4ccccc34)N2)cc1. The molecular weight excluding hydrogens is 258 g/mol. The van der Waals surface area contributed by atoms with Crippen molar-refractivity contribution in [1.29, 1.82) is 0 Å². The molecule has 1 N–H and O–H groups in total. The van der Waals surface area contributed by atoms with Crippen molar-refractivity contribution >= 4 is 10.8 Å². The van der Waals surface area contributed by atoms with E-state index in [1.807, 2.05) is 6.07 Å². The van der Waals surface area contributed by atoms with Gasteiger partial charge in [0.1, 0.15) is 6.23 Å². The van der Waals surface area contributed by atoms with Crippen molar-refractivity contribution in [2.45, 2.75) is 12.3 Å². The van der Waals surface area contributed by atoms with Gasteiger partial charge in [-0.3, -0.25) is 5.32 Å². The van der Waals surface area contributed by atoms with Gasteiger partial charge in [-0.15, -0.1) is 0 Å². The molecule has 3 aromatic carbocycles. The highest BCUT2D eigenvalue weighted by Crippen LogP contribution is 2.32. The number of nitrogens with one attached hydrogen (secondary N) is 1.